The van der Waals surface area contributed by atoms with Crippen LogP contribution in [0.3, 0.4) is 0 Å². The van der Waals surface area contributed by atoms with Gasteiger partial charge in [-0.1, -0.05) is 36.4 Å². The molecule has 170 valence electrons. The van der Waals surface area contributed by atoms with Crippen LogP contribution in [0.2, 0.25) is 0 Å². The van der Waals surface area contributed by atoms with Gasteiger partial charge in [-0.2, -0.15) is 0 Å². The Morgan fingerprint density at radius 1 is 1.06 bits per heavy atom. The number of benzene rings is 1. The number of hydrogen-bond acceptors (Lipinski definition) is 4. The summed E-state index contributed by atoms with van der Waals surface area (Å²) in [5.41, 5.74) is 6.80. The number of anilines is 1. The number of carbonyl (C=O) groups is 1. The Kier molecular flexibility index (Phi) is 5.90. The summed E-state index contributed by atoms with van der Waals surface area (Å²) in [5, 5.41) is 0. The van der Waals surface area contributed by atoms with E-state index >= 15 is 0 Å². The van der Waals surface area contributed by atoms with E-state index in [9.17, 15) is 4.79 Å². The van der Waals surface area contributed by atoms with E-state index in [1.54, 1.807) is 6.08 Å². The minimum absolute atomic E-state index is 0.0453. The molecule has 5 nitrogen and oxygen atoms in total. The number of imidazole rings is 1. The lowest BCUT2D eigenvalue weighted by Crippen LogP contribution is -2.48. The van der Waals surface area contributed by atoms with Crippen molar-refractivity contribution in [2.24, 2.45) is 0 Å². The molecule has 0 amide bonds. The first-order valence-electron chi connectivity index (χ1n) is 11.9. The second kappa shape index (κ2) is 8.99. The van der Waals surface area contributed by atoms with Crippen LogP contribution < -0.4 is 4.90 Å². The summed E-state index contributed by atoms with van der Waals surface area (Å²) in [4.78, 5) is 21.4. The second-order valence-corrected chi connectivity index (χ2v) is 9.50. The third-order valence-corrected chi connectivity index (χ3v) is 7.04. The Bertz CT molecular complexity index is 1200. The van der Waals surface area contributed by atoms with E-state index < -0.39 is 0 Å². The fraction of sp³-hybridized carbons (Fsp3) is 0.357. The molecule has 33 heavy (non-hydrogen) atoms. The van der Waals surface area contributed by atoms with Gasteiger partial charge >= 0.3 is 0 Å². The van der Waals surface area contributed by atoms with E-state index in [4.69, 9.17) is 0 Å². The standard InChI is InChI=1S/C28H32N4O/c1-20(2)30-14-16-31(17-15-30)24-7-4-22(5-8-24)19-23-6-11-27(32-13-12-29-28(23)32)26-10-9-25(33)18-21(26)3/h4-13,20,26H,3,14-19H2,1-2H3. The number of allylic oxidation sites excluding steroid dienone is 3. The van der Waals surface area contributed by atoms with Gasteiger partial charge in [-0.3, -0.25) is 9.69 Å². The van der Waals surface area contributed by atoms with Crippen LogP contribution in [-0.4, -0.2) is 52.3 Å². The summed E-state index contributed by atoms with van der Waals surface area (Å²) in [6.07, 6.45) is 8.75. The topological polar surface area (TPSA) is 40.9 Å². The highest BCUT2D eigenvalue weighted by molar-refractivity contribution is 5.93. The van der Waals surface area contributed by atoms with Crippen LogP contribution in [-0.2, 0) is 11.2 Å². The lowest BCUT2D eigenvalue weighted by Gasteiger charge is -2.38. The van der Waals surface area contributed by atoms with Crippen LogP contribution in [0.25, 0.3) is 5.65 Å². The number of hydrogen-bond donors (Lipinski definition) is 0. The highest BCUT2D eigenvalue weighted by Crippen LogP contribution is 2.32. The zero-order valence-corrected chi connectivity index (χ0v) is 19.6. The average Bonchev–Trinajstić information content (AvgIpc) is 3.31. The van der Waals surface area contributed by atoms with Crippen molar-refractivity contribution >= 4 is 17.1 Å². The summed E-state index contributed by atoms with van der Waals surface area (Å²) < 4.78 is 2.15. The first kappa shape index (κ1) is 21.7. The smallest absolute Gasteiger partial charge is 0.159 e. The number of carbonyl (C=O) groups excluding carboxylic acids is 1. The van der Waals surface area contributed by atoms with Gasteiger partial charge < -0.3 is 9.30 Å². The summed E-state index contributed by atoms with van der Waals surface area (Å²) in [6, 6.07) is 14.0. The molecular weight excluding hydrogens is 408 g/mol. The molecule has 1 aliphatic heterocycles. The van der Waals surface area contributed by atoms with E-state index in [1.807, 2.05) is 18.5 Å². The van der Waals surface area contributed by atoms with Crippen molar-refractivity contribution in [2.45, 2.75) is 38.6 Å². The summed E-state index contributed by atoms with van der Waals surface area (Å²) in [5.74, 6) is 0.170. The molecule has 2 aliphatic rings. The number of ketones is 1. The predicted octanol–water partition coefficient (Wildman–Crippen LogP) is 4.62. The third-order valence-electron chi connectivity index (χ3n) is 7.04. The van der Waals surface area contributed by atoms with Gasteiger partial charge in [0.05, 0.1) is 0 Å². The van der Waals surface area contributed by atoms with Crippen molar-refractivity contribution in [2.75, 3.05) is 31.1 Å². The molecule has 3 heterocycles. The van der Waals surface area contributed by atoms with Crippen molar-refractivity contribution in [1.29, 1.82) is 0 Å². The molecule has 1 aliphatic carbocycles. The van der Waals surface area contributed by atoms with Crippen LogP contribution in [0, 0.1) is 0 Å². The van der Waals surface area contributed by atoms with Crippen LogP contribution in [0.4, 0.5) is 5.69 Å². The van der Waals surface area contributed by atoms with Crippen LogP contribution >= 0.6 is 0 Å². The van der Waals surface area contributed by atoms with E-state index in [-0.39, 0.29) is 11.7 Å². The molecule has 0 radical (unpaired) electrons. The van der Waals surface area contributed by atoms with E-state index in [0.29, 0.717) is 12.5 Å². The van der Waals surface area contributed by atoms with Gasteiger partial charge in [0.15, 0.2) is 5.78 Å². The van der Waals surface area contributed by atoms with Crippen molar-refractivity contribution in [1.82, 2.24) is 14.3 Å². The van der Waals surface area contributed by atoms with Gasteiger partial charge in [0, 0.05) is 74.8 Å². The number of aromatic nitrogens is 2. The predicted molar refractivity (Wildman–Crippen MR) is 134 cm³/mol. The largest absolute Gasteiger partial charge is 0.369 e. The zero-order chi connectivity index (χ0) is 22.9. The van der Waals surface area contributed by atoms with E-state index in [1.165, 1.54) is 16.8 Å². The van der Waals surface area contributed by atoms with Gasteiger partial charge in [-0.25, -0.2) is 4.98 Å². The van der Waals surface area contributed by atoms with Gasteiger partial charge in [-0.05, 0) is 49.2 Å². The maximum atomic E-state index is 11.7. The fourth-order valence-electron chi connectivity index (χ4n) is 5.06. The van der Waals surface area contributed by atoms with E-state index in [0.717, 1.165) is 49.5 Å². The molecule has 1 atom stereocenters. The molecule has 0 N–H and O–H groups in total. The summed E-state index contributed by atoms with van der Waals surface area (Å²) in [7, 11) is 0. The van der Waals surface area contributed by atoms with Crippen molar-refractivity contribution in [3.8, 4) is 0 Å². The number of pyridine rings is 1. The third kappa shape index (κ3) is 4.38. The normalized spacial score (nSPS) is 19.7. The Morgan fingerprint density at radius 2 is 1.82 bits per heavy atom. The molecule has 1 unspecified atom stereocenters. The molecule has 0 bridgehead atoms. The molecule has 5 rings (SSSR count). The SMILES string of the molecule is C=C1CC(=O)C=CC1c1ccc(Cc2ccc(N3CCN(C(C)C)CC3)cc2)c2nccn12. The molecule has 1 saturated heterocycles. The molecule has 2 aromatic heterocycles. The number of fused-ring (bicyclic) bond motifs is 1. The Balaban J connectivity index is 1.33. The molecule has 3 aromatic rings. The van der Waals surface area contributed by atoms with Crippen molar-refractivity contribution < 1.29 is 4.79 Å². The Morgan fingerprint density at radius 3 is 2.52 bits per heavy atom. The zero-order valence-electron chi connectivity index (χ0n) is 19.6. The van der Waals surface area contributed by atoms with Crippen molar-refractivity contribution in [3.05, 3.63) is 89.9 Å². The molecule has 0 saturated carbocycles. The maximum absolute atomic E-state index is 11.7. The highest BCUT2D eigenvalue weighted by atomic mass is 16.1. The van der Waals surface area contributed by atoms with Crippen LogP contribution in [0.5, 0.6) is 0 Å². The lowest BCUT2D eigenvalue weighted by molar-refractivity contribution is -0.114. The molecule has 5 heteroatoms. The summed E-state index contributed by atoms with van der Waals surface area (Å²) >= 11 is 0. The van der Waals surface area contributed by atoms with Gasteiger partial charge in [0.1, 0.15) is 5.65 Å². The number of nitrogens with zero attached hydrogens (tertiary/aromatic N) is 4. The summed E-state index contributed by atoms with van der Waals surface area (Å²) in [6.45, 7) is 13.1. The minimum atomic E-state index is 0.0453. The average molecular weight is 441 g/mol. The molecule has 1 fully saturated rings. The fourth-order valence-corrected chi connectivity index (χ4v) is 5.06. The quantitative estimate of drug-likeness (QED) is 0.543. The Labute approximate surface area is 196 Å². The maximum Gasteiger partial charge on any atom is 0.159 e. The molecular formula is C28H32N4O. The number of rotatable bonds is 5. The molecule has 1 aromatic carbocycles. The second-order valence-electron chi connectivity index (χ2n) is 9.50. The first-order chi connectivity index (χ1) is 16.0. The van der Waals surface area contributed by atoms with Crippen molar-refractivity contribution in [3.63, 3.8) is 0 Å². The van der Waals surface area contributed by atoms with E-state index in [2.05, 4.69) is 76.0 Å². The van der Waals surface area contributed by atoms with Gasteiger partial charge in [0.2, 0.25) is 0 Å². The van der Waals surface area contributed by atoms with Crippen LogP contribution in [0.1, 0.15) is 43.0 Å². The lowest BCUT2D eigenvalue weighted by atomic mass is 9.87. The first-order valence-corrected chi connectivity index (χ1v) is 11.9. The Hall–Kier alpha value is -3.18. The minimum Gasteiger partial charge on any atom is -0.369 e. The van der Waals surface area contributed by atoms with Gasteiger partial charge in [-0.15, -0.1) is 0 Å². The van der Waals surface area contributed by atoms with Crippen LogP contribution in [0.15, 0.2) is 73.1 Å². The number of piperazine rings is 1. The molecule has 0 spiro atoms. The van der Waals surface area contributed by atoms with Gasteiger partial charge in [0.25, 0.3) is 0 Å². The monoisotopic (exact) mass is 440 g/mol. The highest BCUT2D eigenvalue weighted by Gasteiger charge is 2.22.